The number of carbonyl (C=O) groups is 3. The summed E-state index contributed by atoms with van der Waals surface area (Å²) in [5, 5.41) is 2.19. The first-order valence-electron chi connectivity index (χ1n) is 12.0. The van der Waals surface area contributed by atoms with Gasteiger partial charge in [0.05, 0.1) is 16.1 Å². The van der Waals surface area contributed by atoms with Gasteiger partial charge in [-0.1, -0.05) is 23.7 Å². The predicted molar refractivity (Wildman–Crippen MR) is 136 cm³/mol. The van der Waals surface area contributed by atoms with Crippen LogP contribution in [0.2, 0.25) is 5.02 Å². The van der Waals surface area contributed by atoms with Crippen LogP contribution in [0.3, 0.4) is 0 Å². The van der Waals surface area contributed by atoms with Crippen molar-refractivity contribution in [1.82, 2.24) is 9.80 Å². The third kappa shape index (κ3) is 5.52. The molecule has 2 aliphatic rings. The van der Waals surface area contributed by atoms with Gasteiger partial charge in [-0.05, 0) is 75.1 Å². The van der Waals surface area contributed by atoms with Crippen molar-refractivity contribution in [2.24, 2.45) is 5.41 Å². The molecule has 2 aromatic rings. The number of piperidine rings is 1. The molecule has 2 aliphatic heterocycles. The molecule has 3 amide bonds. The fourth-order valence-corrected chi connectivity index (χ4v) is 6.35. The monoisotopic (exact) mass is 534 g/mol. The molecule has 194 valence electrons. The van der Waals surface area contributed by atoms with Gasteiger partial charge in [-0.2, -0.15) is 0 Å². The van der Waals surface area contributed by atoms with Crippen molar-refractivity contribution >= 4 is 50.1 Å². The molecule has 2 fully saturated rings. The molecule has 0 saturated carbocycles. The van der Waals surface area contributed by atoms with Gasteiger partial charge in [0.1, 0.15) is 5.60 Å². The van der Waals surface area contributed by atoms with Crippen LogP contribution < -0.4 is 0 Å². The van der Waals surface area contributed by atoms with E-state index in [-0.39, 0.29) is 41.8 Å². The molecule has 2 aromatic carbocycles. The summed E-state index contributed by atoms with van der Waals surface area (Å²) in [4.78, 5) is 41.2. The maximum atomic E-state index is 13.2. The van der Waals surface area contributed by atoms with E-state index in [9.17, 15) is 22.8 Å². The van der Waals surface area contributed by atoms with Crippen molar-refractivity contribution in [1.29, 1.82) is 0 Å². The third-order valence-corrected chi connectivity index (χ3v) is 8.82. The Morgan fingerprint density at radius 1 is 1.06 bits per heavy atom. The average Bonchev–Trinajstić information content (AvgIpc) is 3.01. The normalized spacial score (nSPS) is 18.3. The molecular weight excluding hydrogens is 504 g/mol. The second-order valence-corrected chi connectivity index (χ2v) is 13.1. The number of rotatable bonds is 5. The average molecular weight is 535 g/mol. The molecule has 0 aromatic heterocycles. The minimum atomic E-state index is -3.59. The molecule has 36 heavy (non-hydrogen) atoms. The highest BCUT2D eigenvalue weighted by molar-refractivity contribution is 7.91. The van der Waals surface area contributed by atoms with Gasteiger partial charge in [0.15, 0.2) is 9.84 Å². The largest absolute Gasteiger partial charge is 0.444 e. The van der Waals surface area contributed by atoms with E-state index >= 15 is 0 Å². The first-order valence-corrected chi connectivity index (χ1v) is 14.1. The Bertz CT molecular complexity index is 1310. The Kier molecular flexibility index (Phi) is 7.09. The fraction of sp³-hybridized carbons (Fsp3) is 0.500. The van der Waals surface area contributed by atoms with E-state index in [0.717, 1.165) is 10.8 Å². The number of amides is 3. The van der Waals surface area contributed by atoms with Crippen molar-refractivity contribution in [3.05, 3.63) is 41.4 Å². The zero-order valence-electron chi connectivity index (χ0n) is 20.8. The van der Waals surface area contributed by atoms with Crippen molar-refractivity contribution < 1.29 is 27.5 Å². The number of imide groups is 1. The van der Waals surface area contributed by atoms with Crippen LogP contribution in [0.25, 0.3) is 10.8 Å². The number of fused-ring (bicyclic) bond motifs is 1. The number of carbonyl (C=O) groups excluding carboxylic acids is 3. The standard InChI is InChI=1S/C26H31ClN2O6S/c1-25(2,3)35-24(32)28-12-9-26(10-13-28)17-22(30)29(23(26)31)11-4-14-36(33,34)21-8-6-18-15-20(27)7-5-19(18)16-21/h5-8,15-16H,4,9-14,17H2,1-3H3. The van der Waals surface area contributed by atoms with E-state index in [4.69, 9.17) is 16.3 Å². The van der Waals surface area contributed by atoms with Gasteiger partial charge in [-0.3, -0.25) is 14.5 Å². The van der Waals surface area contributed by atoms with Gasteiger partial charge < -0.3 is 9.64 Å². The van der Waals surface area contributed by atoms with E-state index in [0.29, 0.717) is 31.0 Å². The lowest BCUT2D eigenvalue weighted by atomic mass is 9.77. The van der Waals surface area contributed by atoms with E-state index in [2.05, 4.69) is 0 Å². The summed E-state index contributed by atoms with van der Waals surface area (Å²) < 4.78 is 31.2. The highest BCUT2D eigenvalue weighted by atomic mass is 35.5. The summed E-state index contributed by atoms with van der Waals surface area (Å²) in [5.74, 6) is -0.732. The van der Waals surface area contributed by atoms with Crippen molar-refractivity contribution in [3.8, 4) is 0 Å². The quantitative estimate of drug-likeness (QED) is 0.526. The second kappa shape index (κ2) is 9.67. The molecule has 0 radical (unpaired) electrons. The molecule has 2 saturated heterocycles. The summed E-state index contributed by atoms with van der Waals surface area (Å²) >= 11 is 6.00. The van der Waals surface area contributed by atoms with Crippen LogP contribution in [0.15, 0.2) is 41.3 Å². The molecule has 10 heteroatoms. The first kappa shape index (κ1) is 26.4. The maximum Gasteiger partial charge on any atom is 0.410 e. The number of nitrogens with zero attached hydrogens (tertiary/aromatic N) is 2. The highest BCUT2D eigenvalue weighted by Gasteiger charge is 2.52. The maximum absolute atomic E-state index is 13.2. The van der Waals surface area contributed by atoms with Crippen LogP contribution in [-0.4, -0.2) is 67.1 Å². The Morgan fingerprint density at radius 2 is 1.69 bits per heavy atom. The molecule has 0 bridgehead atoms. The van der Waals surface area contributed by atoms with Crippen LogP contribution in [0, 0.1) is 5.41 Å². The lowest BCUT2D eigenvalue weighted by molar-refractivity contribution is -0.142. The van der Waals surface area contributed by atoms with Gasteiger partial charge in [-0.25, -0.2) is 13.2 Å². The van der Waals surface area contributed by atoms with E-state index in [1.165, 1.54) is 4.90 Å². The van der Waals surface area contributed by atoms with E-state index < -0.39 is 26.9 Å². The zero-order chi connectivity index (χ0) is 26.3. The van der Waals surface area contributed by atoms with Crippen LogP contribution in [0.1, 0.15) is 46.5 Å². The summed E-state index contributed by atoms with van der Waals surface area (Å²) in [5.41, 5.74) is -1.43. The Morgan fingerprint density at radius 3 is 2.36 bits per heavy atom. The summed E-state index contributed by atoms with van der Waals surface area (Å²) in [7, 11) is -3.59. The minimum Gasteiger partial charge on any atom is -0.444 e. The number of hydrogen-bond donors (Lipinski definition) is 0. The lowest BCUT2D eigenvalue weighted by Gasteiger charge is -2.37. The van der Waals surface area contributed by atoms with E-state index in [1.54, 1.807) is 62.1 Å². The Balaban J connectivity index is 1.35. The van der Waals surface area contributed by atoms with Gasteiger partial charge in [0, 0.05) is 31.1 Å². The number of likely N-dealkylation sites (tertiary alicyclic amines) is 2. The van der Waals surface area contributed by atoms with Crippen LogP contribution in [0.5, 0.6) is 0 Å². The van der Waals surface area contributed by atoms with Gasteiger partial charge >= 0.3 is 6.09 Å². The first-order chi connectivity index (χ1) is 16.8. The fourth-order valence-electron chi connectivity index (χ4n) is 4.84. The van der Waals surface area contributed by atoms with Crippen molar-refractivity contribution in [3.63, 3.8) is 0 Å². The molecule has 0 aliphatic carbocycles. The molecule has 0 unspecified atom stereocenters. The van der Waals surface area contributed by atoms with Crippen molar-refractivity contribution in [2.45, 2.75) is 57.0 Å². The Hall–Kier alpha value is -2.65. The van der Waals surface area contributed by atoms with E-state index in [1.807, 2.05) is 0 Å². The topological polar surface area (TPSA) is 101 Å². The highest BCUT2D eigenvalue weighted by Crippen LogP contribution is 2.42. The number of sulfone groups is 1. The Labute approximate surface area is 216 Å². The predicted octanol–water partition coefficient (Wildman–Crippen LogP) is 4.43. The summed E-state index contributed by atoms with van der Waals surface area (Å²) in [6.07, 6.45) is 0.583. The second-order valence-electron chi connectivity index (χ2n) is 10.6. The number of hydrogen-bond acceptors (Lipinski definition) is 6. The SMILES string of the molecule is CC(C)(C)OC(=O)N1CCC2(CC1)CC(=O)N(CCCS(=O)(=O)c1ccc3cc(Cl)ccc3c1)C2=O. The van der Waals surface area contributed by atoms with Crippen LogP contribution in [0.4, 0.5) is 4.79 Å². The van der Waals surface area contributed by atoms with Gasteiger partial charge in [0.2, 0.25) is 11.8 Å². The molecular formula is C26H31ClN2O6S. The van der Waals surface area contributed by atoms with Crippen molar-refractivity contribution in [2.75, 3.05) is 25.4 Å². The molecule has 0 N–H and O–H groups in total. The lowest BCUT2D eigenvalue weighted by Crippen LogP contribution is -2.48. The minimum absolute atomic E-state index is 0.0532. The number of ether oxygens (including phenoxy) is 1. The molecule has 0 atom stereocenters. The smallest absolute Gasteiger partial charge is 0.410 e. The molecule has 8 nitrogen and oxygen atoms in total. The number of benzene rings is 2. The van der Waals surface area contributed by atoms with Crippen LogP contribution in [-0.2, 0) is 24.2 Å². The molecule has 4 rings (SSSR count). The summed E-state index contributed by atoms with van der Waals surface area (Å²) in [6.45, 7) is 6.11. The van der Waals surface area contributed by atoms with Gasteiger partial charge in [-0.15, -0.1) is 0 Å². The molecule has 1 spiro atoms. The molecule has 2 heterocycles. The van der Waals surface area contributed by atoms with Crippen LogP contribution >= 0.6 is 11.6 Å². The third-order valence-electron chi connectivity index (χ3n) is 6.79. The summed E-state index contributed by atoms with van der Waals surface area (Å²) in [6, 6.07) is 10.1. The number of halogens is 1. The van der Waals surface area contributed by atoms with Gasteiger partial charge in [0.25, 0.3) is 0 Å². The zero-order valence-corrected chi connectivity index (χ0v) is 22.3.